The van der Waals surface area contributed by atoms with Gasteiger partial charge in [-0.25, -0.2) is 24.4 Å². The third kappa shape index (κ3) is 7.99. The van der Waals surface area contributed by atoms with Gasteiger partial charge in [-0.05, 0) is 110 Å². The molecule has 12 heteroatoms. The third-order valence-corrected chi connectivity index (χ3v) is 9.13. The van der Waals surface area contributed by atoms with E-state index < -0.39 is 17.7 Å². The van der Waals surface area contributed by atoms with Gasteiger partial charge in [0.1, 0.15) is 5.82 Å². The maximum atomic E-state index is 13.9. The van der Waals surface area contributed by atoms with Gasteiger partial charge in [0, 0.05) is 43.3 Å². The molecule has 3 aromatic heterocycles. The molecule has 0 spiro atoms. The SMILES string of the molecule is CCOC(=O)c1cnc(N(Cc2cc(C)cc(C(F)(F)F)c2)Cc2cc3c(C)nn(C(C)(C)C)c3nc2N(CC2CC2)CC2CC2)nc1C. The first-order valence-corrected chi connectivity index (χ1v) is 17.2. The number of aromatic nitrogens is 5. The van der Waals surface area contributed by atoms with Gasteiger partial charge in [0.15, 0.2) is 5.65 Å². The van der Waals surface area contributed by atoms with Crippen LogP contribution in [0.4, 0.5) is 24.9 Å². The number of alkyl halides is 3. The number of halogens is 3. The van der Waals surface area contributed by atoms with Gasteiger partial charge in [0.2, 0.25) is 5.95 Å². The largest absolute Gasteiger partial charge is 0.462 e. The Bertz CT molecular complexity index is 1840. The Morgan fingerprint density at radius 2 is 1.59 bits per heavy atom. The fourth-order valence-electron chi connectivity index (χ4n) is 6.30. The average Bonchev–Trinajstić information content (AvgIpc) is 3.95. The second-order valence-corrected chi connectivity index (χ2v) is 14.8. The van der Waals surface area contributed by atoms with Crippen molar-refractivity contribution < 1.29 is 22.7 Å². The number of fused-ring (bicyclic) bond motifs is 1. The molecule has 3 heterocycles. The predicted molar refractivity (Wildman–Crippen MR) is 184 cm³/mol. The predicted octanol–water partition coefficient (Wildman–Crippen LogP) is 7.93. The molecule has 6 rings (SSSR count). The standard InChI is InChI=1S/C37H46F3N7O2/c1-8-49-34(48)31-17-41-35(42-23(31)3)46(20-27-13-22(2)14-29(15-27)37(38,39)40)21-28-16-30-24(4)44-47(36(5,6)7)33(30)43-32(28)45(18-25-9-10-25)19-26-11-12-26/h13-17,25-26H,8-12,18-21H2,1-7H3. The summed E-state index contributed by atoms with van der Waals surface area (Å²) in [6.45, 7) is 15.8. The summed E-state index contributed by atoms with van der Waals surface area (Å²) < 4.78 is 48.9. The number of ether oxygens (including phenoxy) is 1. The molecule has 0 unspecified atom stereocenters. The topological polar surface area (TPSA) is 89.3 Å². The number of carbonyl (C=O) groups excluding carboxylic acids is 1. The summed E-state index contributed by atoms with van der Waals surface area (Å²) in [6.07, 6.45) is 1.72. The number of benzene rings is 1. The van der Waals surface area contributed by atoms with Crippen molar-refractivity contribution in [2.75, 3.05) is 29.5 Å². The molecule has 262 valence electrons. The van der Waals surface area contributed by atoms with Crippen LogP contribution in [0.1, 0.15) is 97.4 Å². The normalized spacial score (nSPS) is 15.1. The van der Waals surface area contributed by atoms with Gasteiger partial charge in [0.25, 0.3) is 0 Å². The summed E-state index contributed by atoms with van der Waals surface area (Å²) in [5, 5.41) is 5.82. The van der Waals surface area contributed by atoms with E-state index in [-0.39, 0.29) is 30.8 Å². The van der Waals surface area contributed by atoms with E-state index in [1.807, 2.05) is 16.5 Å². The van der Waals surface area contributed by atoms with Crippen LogP contribution < -0.4 is 9.80 Å². The number of carbonyl (C=O) groups is 1. The zero-order chi connectivity index (χ0) is 35.2. The Morgan fingerprint density at radius 1 is 0.918 bits per heavy atom. The Kier molecular flexibility index (Phi) is 9.36. The summed E-state index contributed by atoms with van der Waals surface area (Å²) >= 11 is 0. The van der Waals surface area contributed by atoms with E-state index in [0.29, 0.717) is 34.6 Å². The number of rotatable bonds is 12. The Labute approximate surface area is 285 Å². The first-order chi connectivity index (χ1) is 23.1. The van der Waals surface area contributed by atoms with Crippen molar-refractivity contribution >= 4 is 28.8 Å². The van der Waals surface area contributed by atoms with Crippen LogP contribution >= 0.6 is 0 Å². The molecular weight excluding hydrogens is 631 g/mol. The van der Waals surface area contributed by atoms with Gasteiger partial charge in [-0.3, -0.25) is 0 Å². The summed E-state index contributed by atoms with van der Waals surface area (Å²) in [5.41, 5.74) is 3.24. The van der Waals surface area contributed by atoms with Crippen molar-refractivity contribution in [3.63, 3.8) is 0 Å². The van der Waals surface area contributed by atoms with Gasteiger partial charge in [-0.1, -0.05) is 11.6 Å². The van der Waals surface area contributed by atoms with Gasteiger partial charge in [-0.2, -0.15) is 18.3 Å². The summed E-state index contributed by atoms with van der Waals surface area (Å²) in [4.78, 5) is 31.5. The molecule has 1 aromatic carbocycles. The van der Waals surface area contributed by atoms with Crippen LogP contribution in [-0.4, -0.2) is 50.4 Å². The summed E-state index contributed by atoms with van der Waals surface area (Å²) in [7, 11) is 0. The quantitative estimate of drug-likeness (QED) is 0.140. The number of nitrogens with zero attached hydrogens (tertiary/aromatic N) is 7. The van der Waals surface area contributed by atoms with Crippen LogP contribution in [0.3, 0.4) is 0 Å². The highest BCUT2D eigenvalue weighted by Gasteiger charge is 2.34. The van der Waals surface area contributed by atoms with Crippen LogP contribution in [0.25, 0.3) is 11.0 Å². The number of anilines is 2. The molecule has 0 bridgehead atoms. The number of aryl methyl sites for hydroxylation is 3. The van der Waals surface area contributed by atoms with E-state index in [9.17, 15) is 18.0 Å². The molecule has 0 aliphatic heterocycles. The maximum Gasteiger partial charge on any atom is 0.416 e. The lowest BCUT2D eigenvalue weighted by molar-refractivity contribution is -0.137. The van der Waals surface area contributed by atoms with Gasteiger partial charge < -0.3 is 14.5 Å². The lowest BCUT2D eigenvalue weighted by Crippen LogP contribution is -2.32. The zero-order valence-corrected chi connectivity index (χ0v) is 29.5. The molecule has 4 aromatic rings. The van der Waals surface area contributed by atoms with Crippen LogP contribution in [0.5, 0.6) is 0 Å². The van der Waals surface area contributed by atoms with Crippen molar-refractivity contribution in [1.29, 1.82) is 0 Å². The molecule has 2 saturated carbocycles. The lowest BCUT2D eigenvalue weighted by atomic mass is 10.1. The van der Waals surface area contributed by atoms with Crippen LogP contribution in [0.15, 0.2) is 30.5 Å². The first-order valence-electron chi connectivity index (χ1n) is 17.2. The number of pyridine rings is 1. The fourth-order valence-corrected chi connectivity index (χ4v) is 6.30. The van der Waals surface area contributed by atoms with E-state index in [1.54, 1.807) is 26.8 Å². The monoisotopic (exact) mass is 677 g/mol. The molecule has 0 radical (unpaired) electrons. The Hall–Kier alpha value is -4.22. The zero-order valence-electron chi connectivity index (χ0n) is 29.5. The second kappa shape index (κ2) is 13.2. The molecule has 0 amide bonds. The number of hydrogen-bond acceptors (Lipinski definition) is 8. The molecule has 0 N–H and O–H groups in total. The minimum absolute atomic E-state index is 0.103. The van der Waals surface area contributed by atoms with E-state index in [0.717, 1.165) is 47.3 Å². The molecule has 0 saturated heterocycles. The molecule has 2 aliphatic carbocycles. The molecule has 9 nitrogen and oxygen atoms in total. The van der Waals surface area contributed by atoms with Crippen LogP contribution in [0.2, 0.25) is 0 Å². The van der Waals surface area contributed by atoms with E-state index >= 15 is 0 Å². The van der Waals surface area contributed by atoms with Crippen LogP contribution in [0, 0.1) is 32.6 Å². The minimum Gasteiger partial charge on any atom is -0.462 e. The molecule has 0 atom stereocenters. The number of hydrogen-bond donors (Lipinski definition) is 0. The van der Waals surface area contributed by atoms with Gasteiger partial charge in [0.05, 0.1) is 34.7 Å². The van der Waals surface area contributed by atoms with Crippen molar-refractivity contribution in [1.82, 2.24) is 24.7 Å². The average molecular weight is 678 g/mol. The molecule has 49 heavy (non-hydrogen) atoms. The highest BCUT2D eigenvalue weighted by atomic mass is 19.4. The van der Waals surface area contributed by atoms with Crippen molar-refractivity contribution in [3.8, 4) is 0 Å². The highest BCUT2D eigenvalue weighted by Crippen LogP contribution is 2.38. The molecule has 2 aliphatic rings. The maximum absolute atomic E-state index is 13.9. The Balaban J connectivity index is 1.49. The van der Waals surface area contributed by atoms with E-state index in [1.165, 1.54) is 37.9 Å². The smallest absolute Gasteiger partial charge is 0.416 e. The highest BCUT2D eigenvalue weighted by molar-refractivity contribution is 5.90. The van der Waals surface area contributed by atoms with Crippen molar-refractivity contribution in [3.05, 3.63) is 69.7 Å². The third-order valence-electron chi connectivity index (χ3n) is 9.13. The van der Waals surface area contributed by atoms with E-state index in [4.69, 9.17) is 19.8 Å². The summed E-state index contributed by atoms with van der Waals surface area (Å²) in [6, 6.07) is 6.24. The Morgan fingerprint density at radius 3 is 2.16 bits per heavy atom. The van der Waals surface area contributed by atoms with Crippen molar-refractivity contribution in [2.45, 2.75) is 99.0 Å². The first kappa shape index (κ1) is 34.6. The number of esters is 1. The fraction of sp³-hybridized carbons (Fsp3) is 0.541. The lowest BCUT2D eigenvalue weighted by Gasteiger charge is -2.30. The minimum atomic E-state index is -4.49. The molecule has 2 fully saturated rings. The molecular formula is C37H46F3N7O2. The van der Waals surface area contributed by atoms with Gasteiger partial charge >= 0.3 is 12.1 Å². The van der Waals surface area contributed by atoms with Crippen molar-refractivity contribution in [2.24, 2.45) is 11.8 Å². The van der Waals surface area contributed by atoms with Gasteiger partial charge in [-0.15, -0.1) is 0 Å². The second-order valence-electron chi connectivity index (χ2n) is 14.8. The van der Waals surface area contributed by atoms with Crippen LogP contribution in [-0.2, 0) is 29.5 Å². The van der Waals surface area contributed by atoms with E-state index in [2.05, 4.69) is 36.7 Å². The summed E-state index contributed by atoms with van der Waals surface area (Å²) in [5.74, 6) is 1.87.